The quantitative estimate of drug-likeness (QED) is 0.789. The van der Waals surface area contributed by atoms with Gasteiger partial charge in [-0.05, 0) is 86.1 Å². The van der Waals surface area contributed by atoms with Crippen molar-refractivity contribution in [3.63, 3.8) is 0 Å². The van der Waals surface area contributed by atoms with Crippen molar-refractivity contribution in [2.24, 2.45) is 0 Å². The lowest BCUT2D eigenvalue weighted by atomic mass is 9.90. The minimum absolute atomic E-state index is 0.966. The molecule has 0 aromatic heterocycles. The van der Waals surface area contributed by atoms with Crippen LogP contribution in [0.3, 0.4) is 0 Å². The molecule has 1 aromatic rings. The predicted octanol–water partition coefficient (Wildman–Crippen LogP) is 4.61. The van der Waals surface area contributed by atoms with E-state index in [2.05, 4.69) is 41.3 Å². The van der Waals surface area contributed by atoms with Crippen molar-refractivity contribution in [3.05, 3.63) is 58.6 Å². The van der Waals surface area contributed by atoms with Gasteiger partial charge >= 0.3 is 0 Å². The smallest absolute Gasteiger partial charge is 0.123 e. The molecule has 0 saturated carbocycles. The first kappa shape index (κ1) is 13.7. The molecule has 0 bridgehead atoms. The zero-order chi connectivity index (χ0) is 14.9. The SMILES string of the molecule is CC1=CCC=C(C=Cc2cc3c4c(c2)CCCN4CCC3)O1. The predicted molar refractivity (Wildman–Crippen MR) is 91.9 cm³/mol. The maximum atomic E-state index is 5.73. The number of anilines is 1. The van der Waals surface area contributed by atoms with Gasteiger partial charge in [0.25, 0.3) is 0 Å². The number of benzene rings is 1. The number of hydrogen-bond donors (Lipinski definition) is 0. The van der Waals surface area contributed by atoms with Crippen LogP contribution >= 0.6 is 0 Å². The third-order valence-electron chi connectivity index (χ3n) is 4.80. The van der Waals surface area contributed by atoms with Crippen LogP contribution in [0.15, 0.2) is 41.9 Å². The molecule has 0 spiro atoms. The van der Waals surface area contributed by atoms with Crippen LogP contribution in [-0.2, 0) is 17.6 Å². The highest BCUT2D eigenvalue weighted by molar-refractivity contribution is 5.68. The van der Waals surface area contributed by atoms with Gasteiger partial charge in [0.15, 0.2) is 0 Å². The molecule has 114 valence electrons. The van der Waals surface area contributed by atoms with Gasteiger partial charge in [0.05, 0.1) is 5.76 Å². The minimum Gasteiger partial charge on any atom is -0.463 e. The van der Waals surface area contributed by atoms with E-state index in [1.54, 1.807) is 5.69 Å². The number of hydrogen-bond acceptors (Lipinski definition) is 2. The lowest BCUT2D eigenvalue weighted by molar-refractivity contribution is 0.313. The summed E-state index contributed by atoms with van der Waals surface area (Å²) in [5, 5.41) is 0. The second-order valence-electron chi connectivity index (χ2n) is 6.47. The zero-order valence-corrected chi connectivity index (χ0v) is 13.3. The van der Waals surface area contributed by atoms with Crippen LogP contribution < -0.4 is 4.90 Å². The van der Waals surface area contributed by atoms with Crippen LogP contribution in [-0.4, -0.2) is 13.1 Å². The number of rotatable bonds is 2. The standard InChI is InChI=1S/C20H23NO/c1-15-5-2-8-19(22-15)10-9-16-13-17-6-3-11-21-12-4-7-18(14-16)20(17)21/h5,8-10,13-14H,2-4,6-7,11-12H2,1H3. The first-order chi connectivity index (χ1) is 10.8. The lowest BCUT2D eigenvalue weighted by Crippen LogP contribution is -2.34. The number of allylic oxidation sites excluding steroid dienone is 4. The summed E-state index contributed by atoms with van der Waals surface area (Å²) in [6, 6.07) is 4.75. The Bertz CT molecular complexity index is 650. The van der Waals surface area contributed by atoms with E-state index in [-0.39, 0.29) is 0 Å². The summed E-state index contributed by atoms with van der Waals surface area (Å²) >= 11 is 0. The van der Waals surface area contributed by atoms with E-state index in [0.29, 0.717) is 0 Å². The molecular formula is C20H23NO. The van der Waals surface area contributed by atoms with Crippen LogP contribution in [0.25, 0.3) is 6.08 Å². The fourth-order valence-electron chi connectivity index (χ4n) is 3.82. The van der Waals surface area contributed by atoms with Gasteiger partial charge in [-0.1, -0.05) is 6.08 Å². The summed E-state index contributed by atoms with van der Waals surface area (Å²) in [7, 11) is 0. The first-order valence-electron chi connectivity index (χ1n) is 8.43. The Hall–Kier alpha value is -1.96. The summed E-state index contributed by atoms with van der Waals surface area (Å²) in [5.41, 5.74) is 5.94. The maximum absolute atomic E-state index is 5.73. The van der Waals surface area contributed by atoms with Gasteiger partial charge in [0.1, 0.15) is 5.76 Å². The van der Waals surface area contributed by atoms with Gasteiger partial charge in [0.2, 0.25) is 0 Å². The molecule has 2 heteroatoms. The van der Waals surface area contributed by atoms with Crippen LogP contribution in [0.4, 0.5) is 5.69 Å². The van der Waals surface area contributed by atoms with Crippen LogP contribution in [0.5, 0.6) is 0 Å². The van der Waals surface area contributed by atoms with E-state index < -0.39 is 0 Å². The molecule has 3 aliphatic heterocycles. The largest absolute Gasteiger partial charge is 0.463 e. The topological polar surface area (TPSA) is 12.5 Å². The van der Waals surface area contributed by atoms with Crippen molar-refractivity contribution in [1.29, 1.82) is 0 Å². The molecule has 0 radical (unpaired) electrons. The lowest BCUT2D eigenvalue weighted by Gasteiger charge is -2.37. The molecular weight excluding hydrogens is 270 g/mol. The normalized spacial score (nSPS) is 20.3. The zero-order valence-electron chi connectivity index (χ0n) is 13.3. The van der Waals surface area contributed by atoms with Crippen LogP contribution in [0.2, 0.25) is 0 Å². The molecule has 0 atom stereocenters. The molecule has 0 unspecified atom stereocenters. The molecule has 0 saturated heterocycles. The Morgan fingerprint density at radius 2 is 1.73 bits per heavy atom. The molecule has 0 N–H and O–H groups in total. The van der Waals surface area contributed by atoms with E-state index in [9.17, 15) is 0 Å². The molecule has 3 heterocycles. The second kappa shape index (κ2) is 5.68. The molecule has 3 aliphatic rings. The van der Waals surface area contributed by atoms with Crippen LogP contribution in [0, 0.1) is 0 Å². The van der Waals surface area contributed by atoms with Crippen molar-refractivity contribution >= 4 is 11.8 Å². The highest BCUT2D eigenvalue weighted by Gasteiger charge is 2.23. The summed E-state index contributed by atoms with van der Waals surface area (Å²) in [6.45, 7) is 4.49. The third-order valence-corrected chi connectivity index (χ3v) is 4.80. The van der Waals surface area contributed by atoms with E-state index in [0.717, 1.165) is 17.9 Å². The van der Waals surface area contributed by atoms with E-state index in [1.807, 2.05) is 6.92 Å². The Morgan fingerprint density at radius 3 is 2.41 bits per heavy atom. The first-order valence-corrected chi connectivity index (χ1v) is 8.43. The van der Waals surface area contributed by atoms with Gasteiger partial charge in [-0.2, -0.15) is 0 Å². The highest BCUT2D eigenvalue weighted by Crippen LogP contribution is 2.36. The summed E-state index contributed by atoms with van der Waals surface area (Å²) < 4.78 is 5.73. The molecule has 1 aromatic carbocycles. The molecule has 0 amide bonds. The highest BCUT2D eigenvalue weighted by atomic mass is 16.5. The molecule has 0 fully saturated rings. The van der Waals surface area contributed by atoms with Crippen LogP contribution in [0.1, 0.15) is 42.9 Å². The average Bonchev–Trinajstić information content (AvgIpc) is 2.54. The fourth-order valence-corrected chi connectivity index (χ4v) is 3.82. The van der Waals surface area contributed by atoms with Crippen molar-refractivity contribution in [2.75, 3.05) is 18.0 Å². The molecule has 22 heavy (non-hydrogen) atoms. The summed E-state index contributed by atoms with van der Waals surface area (Å²) in [6.07, 6.45) is 14.5. The summed E-state index contributed by atoms with van der Waals surface area (Å²) in [5.74, 6) is 1.96. The molecule has 2 nitrogen and oxygen atoms in total. The molecule has 0 aliphatic carbocycles. The fraction of sp³-hybridized carbons (Fsp3) is 0.400. The van der Waals surface area contributed by atoms with Gasteiger partial charge in [0, 0.05) is 18.8 Å². The number of nitrogens with zero attached hydrogens (tertiary/aromatic N) is 1. The van der Waals surface area contributed by atoms with Crippen molar-refractivity contribution in [1.82, 2.24) is 0 Å². The second-order valence-corrected chi connectivity index (χ2v) is 6.47. The van der Waals surface area contributed by atoms with E-state index >= 15 is 0 Å². The Morgan fingerprint density at radius 1 is 1.00 bits per heavy atom. The average molecular weight is 293 g/mol. The van der Waals surface area contributed by atoms with E-state index in [1.165, 1.54) is 55.5 Å². The van der Waals surface area contributed by atoms with Gasteiger partial charge < -0.3 is 9.64 Å². The van der Waals surface area contributed by atoms with Gasteiger partial charge in [-0.25, -0.2) is 0 Å². The van der Waals surface area contributed by atoms with Crippen molar-refractivity contribution in [3.8, 4) is 0 Å². The maximum Gasteiger partial charge on any atom is 0.123 e. The van der Waals surface area contributed by atoms with Gasteiger partial charge in [-0.15, -0.1) is 0 Å². The number of ether oxygens (including phenoxy) is 1. The van der Waals surface area contributed by atoms with E-state index in [4.69, 9.17) is 4.74 Å². The Balaban J connectivity index is 1.62. The third kappa shape index (κ3) is 2.58. The Kier molecular flexibility index (Phi) is 3.53. The van der Waals surface area contributed by atoms with Gasteiger partial charge in [-0.3, -0.25) is 0 Å². The minimum atomic E-state index is 0.966. The van der Waals surface area contributed by atoms with Crippen molar-refractivity contribution in [2.45, 2.75) is 39.0 Å². The number of aryl methyl sites for hydroxylation is 2. The summed E-state index contributed by atoms with van der Waals surface area (Å²) in [4.78, 5) is 2.59. The Labute approximate surface area is 132 Å². The molecule has 4 rings (SSSR count). The van der Waals surface area contributed by atoms with Crippen molar-refractivity contribution < 1.29 is 4.74 Å². The monoisotopic (exact) mass is 293 g/mol.